The summed E-state index contributed by atoms with van der Waals surface area (Å²) in [6.45, 7) is 10.8. The second-order valence-electron chi connectivity index (χ2n) is 2.92. The predicted octanol–water partition coefficient (Wildman–Crippen LogP) is 1.18. The minimum atomic E-state index is -1.26. The summed E-state index contributed by atoms with van der Waals surface area (Å²) in [5.74, 6) is -3.23. The molecule has 0 aliphatic carbocycles. The maximum absolute atomic E-state index is 10.1. The second-order valence-corrected chi connectivity index (χ2v) is 2.92. The number of carboxylic acids is 2. The molecule has 0 saturated carbocycles. The van der Waals surface area contributed by atoms with Gasteiger partial charge in [0, 0.05) is 24.3 Å². The van der Waals surface area contributed by atoms with E-state index in [4.69, 9.17) is 10.2 Å². The van der Waals surface area contributed by atoms with Gasteiger partial charge in [0.15, 0.2) is 0 Å². The summed E-state index contributed by atoms with van der Waals surface area (Å²) < 4.78 is 8.87. The van der Waals surface area contributed by atoms with Crippen molar-refractivity contribution in [1.29, 1.82) is 0 Å². The van der Waals surface area contributed by atoms with Crippen LogP contribution in [0.25, 0.3) is 0 Å². The van der Waals surface area contributed by atoms with E-state index in [1.54, 1.807) is 13.8 Å². The molecule has 0 unspecified atom stereocenters. The van der Waals surface area contributed by atoms with Crippen LogP contribution in [0.3, 0.4) is 0 Å². The van der Waals surface area contributed by atoms with Crippen LogP contribution in [0.1, 0.15) is 13.8 Å². The van der Waals surface area contributed by atoms with Crippen molar-refractivity contribution < 1.29 is 38.9 Å². The number of carbonyl (C=O) groups is 4. The first-order chi connectivity index (χ1) is 10.2. The number of ether oxygens (including phenoxy) is 2. The highest BCUT2D eigenvalue weighted by Gasteiger charge is 1.88. The largest absolute Gasteiger partial charge is 0.478 e. The van der Waals surface area contributed by atoms with E-state index in [9.17, 15) is 19.2 Å². The Morgan fingerprint density at radius 2 is 1.09 bits per heavy atom. The molecule has 0 heterocycles. The van der Waals surface area contributed by atoms with Crippen LogP contribution < -0.4 is 0 Å². The molecule has 0 fully saturated rings. The Morgan fingerprint density at radius 1 is 0.818 bits per heavy atom. The van der Waals surface area contributed by atoms with Gasteiger partial charge in [0.1, 0.15) is 0 Å². The highest BCUT2D eigenvalue weighted by atomic mass is 16.5. The van der Waals surface area contributed by atoms with Crippen LogP contribution in [0.2, 0.25) is 0 Å². The van der Waals surface area contributed by atoms with E-state index in [-0.39, 0.29) is 11.9 Å². The van der Waals surface area contributed by atoms with Crippen LogP contribution in [-0.2, 0) is 28.7 Å². The lowest BCUT2D eigenvalue weighted by atomic mass is 10.5. The normalized spacial score (nSPS) is 8.27. The van der Waals surface area contributed by atoms with Gasteiger partial charge in [-0.15, -0.1) is 0 Å². The Balaban J connectivity index is -0.000000247. The van der Waals surface area contributed by atoms with E-state index >= 15 is 0 Å². The molecule has 0 radical (unpaired) electrons. The monoisotopic (exact) mass is 316 g/mol. The van der Waals surface area contributed by atoms with Crippen molar-refractivity contribution in [2.45, 2.75) is 13.8 Å². The molecule has 0 aliphatic heterocycles. The third-order valence-corrected chi connectivity index (χ3v) is 1.28. The zero-order valence-corrected chi connectivity index (χ0v) is 12.5. The molecule has 2 N–H and O–H groups in total. The Bertz CT molecular complexity index is 371. The molecular formula is C14H20O8. The maximum Gasteiger partial charge on any atom is 0.330 e. The number of esters is 2. The summed E-state index contributed by atoms with van der Waals surface area (Å²) in [4.78, 5) is 39.3. The van der Waals surface area contributed by atoms with E-state index < -0.39 is 11.9 Å². The van der Waals surface area contributed by atoms with Crippen molar-refractivity contribution in [2.75, 3.05) is 13.2 Å². The molecule has 22 heavy (non-hydrogen) atoms. The topological polar surface area (TPSA) is 127 Å². The van der Waals surface area contributed by atoms with E-state index in [2.05, 4.69) is 22.6 Å². The highest BCUT2D eigenvalue weighted by Crippen LogP contribution is 1.75. The molecule has 0 spiro atoms. The van der Waals surface area contributed by atoms with Crippen LogP contribution in [0.5, 0.6) is 0 Å². The zero-order chi connectivity index (χ0) is 18.0. The summed E-state index contributed by atoms with van der Waals surface area (Å²) in [6, 6.07) is 0. The van der Waals surface area contributed by atoms with Crippen molar-refractivity contribution in [3.05, 3.63) is 37.5 Å². The number of hydrogen-bond donors (Lipinski definition) is 2. The predicted molar refractivity (Wildman–Crippen MR) is 78.1 cm³/mol. The van der Waals surface area contributed by atoms with Gasteiger partial charge in [0.05, 0.1) is 13.2 Å². The van der Waals surface area contributed by atoms with Gasteiger partial charge in [0.25, 0.3) is 0 Å². The first-order valence-electron chi connectivity index (χ1n) is 5.97. The van der Waals surface area contributed by atoms with Crippen molar-refractivity contribution in [3.8, 4) is 0 Å². The molecule has 0 atom stereocenters. The van der Waals surface area contributed by atoms with Gasteiger partial charge in [-0.2, -0.15) is 0 Å². The highest BCUT2D eigenvalue weighted by molar-refractivity contribution is 5.89. The molecule has 0 saturated heterocycles. The fourth-order valence-corrected chi connectivity index (χ4v) is 0.545. The number of aliphatic carboxylic acids is 2. The van der Waals surface area contributed by atoms with Gasteiger partial charge in [-0.3, -0.25) is 0 Å². The third kappa shape index (κ3) is 30.3. The lowest BCUT2D eigenvalue weighted by molar-refractivity contribution is -0.138. The Kier molecular flexibility index (Phi) is 19.9. The molecule has 0 aromatic heterocycles. The summed E-state index contributed by atoms with van der Waals surface area (Å²) in [5.41, 5.74) is 0. The first kappa shape index (κ1) is 24.1. The molecule has 0 rings (SSSR count). The van der Waals surface area contributed by atoms with Crippen molar-refractivity contribution in [2.24, 2.45) is 0 Å². The molecule has 0 aromatic rings. The Hall–Kier alpha value is -2.90. The van der Waals surface area contributed by atoms with Crippen LogP contribution in [0, 0.1) is 0 Å². The molecule has 124 valence electrons. The number of rotatable bonds is 6. The average molecular weight is 316 g/mol. The van der Waals surface area contributed by atoms with E-state index in [0.29, 0.717) is 25.4 Å². The van der Waals surface area contributed by atoms with E-state index in [1.807, 2.05) is 0 Å². The minimum Gasteiger partial charge on any atom is -0.478 e. The van der Waals surface area contributed by atoms with Crippen LogP contribution in [0.15, 0.2) is 37.5 Å². The standard InChI is InChI=1S/2C5H8O2.C4H4O4/c2*1-3-5(6)7-4-2;5-3(6)1-2-4(7)8/h2*3H,1,4H2,2H3;1-2H,(H,5,6)(H,7,8)/b;;2-1+. The lowest BCUT2D eigenvalue weighted by Gasteiger charge is -1.90. The van der Waals surface area contributed by atoms with Crippen LogP contribution in [-0.4, -0.2) is 47.3 Å². The average Bonchev–Trinajstić information content (AvgIpc) is 2.46. The first-order valence-corrected chi connectivity index (χ1v) is 5.97. The molecule has 0 amide bonds. The quantitative estimate of drug-likeness (QED) is 0.552. The van der Waals surface area contributed by atoms with Crippen molar-refractivity contribution in [1.82, 2.24) is 0 Å². The number of hydrogen-bond acceptors (Lipinski definition) is 6. The minimum absolute atomic E-state index is 0.359. The maximum atomic E-state index is 10.1. The molecule has 0 aromatic carbocycles. The fraction of sp³-hybridized carbons (Fsp3) is 0.286. The lowest BCUT2D eigenvalue weighted by Crippen LogP contribution is -1.97. The van der Waals surface area contributed by atoms with Crippen molar-refractivity contribution in [3.63, 3.8) is 0 Å². The van der Waals surface area contributed by atoms with Crippen LogP contribution in [0.4, 0.5) is 0 Å². The molecule has 0 aliphatic rings. The van der Waals surface area contributed by atoms with E-state index in [0.717, 1.165) is 12.2 Å². The number of carbonyl (C=O) groups excluding carboxylic acids is 2. The van der Waals surface area contributed by atoms with Gasteiger partial charge >= 0.3 is 23.9 Å². The van der Waals surface area contributed by atoms with Gasteiger partial charge in [-0.25, -0.2) is 19.2 Å². The summed E-state index contributed by atoms with van der Waals surface area (Å²) in [5, 5.41) is 15.6. The molecular weight excluding hydrogens is 296 g/mol. The fourth-order valence-electron chi connectivity index (χ4n) is 0.545. The Morgan fingerprint density at radius 3 is 1.18 bits per heavy atom. The van der Waals surface area contributed by atoms with E-state index in [1.165, 1.54) is 0 Å². The van der Waals surface area contributed by atoms with Crippen molar-refractivity contribution >= 4 is 23.9 Å². The molecule has 8 heteroatoms. The smallest absolute Gasteiger partial charge is 0.330 e. The third-order valence-electron chi connectivity index (χ3n) is 1.28. The van der Waals surface area contributed by atoms with Gasteiger partial charge in [0.2, 0.25) is 0 Å². The second kappa shape index (κ2) is 18.1. The molecule has 0 bridgehead atoms. The summed E-state index contributed by atoms with van der Waals surface area (Å²) >= 11 is 0. The van der Waals surface area contributed by atoms with Gasteiger partial charge in [-0.1, -0.05) is 13.2 Å². The van der Waals surface area contributed by atoms with Gasteiger partial charge in [-0.05, 0) is 13.8 Å². The zero-order valence-electron chi connectivity index (χ0n) is 12.5. The van der Waals surface area contributed by atoms with Gasteiger partial charge < -0.3 is 19.7 Å². The van der Waals surface area contributed by atoms with Crippen LogP contribution >= 0.6 is 0 Å². The number of carboxylic acid groups (broad SMARTS) is 2. The SMILES string of the molecule is C=CC(=O)OCC.C=CC(=O)OCC.O=C(O)/C=C/C(=O)O. The summed E-state index contributed by atoms with van der Waals surface area (Å²) in [7, 11) is 0. The Labute approximate surface area is 128 Å². The molecule has 8 nitrogen and oxygen atoms in total. The summed E-state index contributed by atoms with van der Waals surface area (Å²) in [6.07, 6.45) is 3.40.